The molecule has 2 amide bonds. The Morgan fingerprint density at radius 2 is 1.69 bits per heavy atom. The van der Waals surface area contributed by atoms with Gasteiger partial charge in [-0.3, -0.25) is 19.1 Å². The average Bonchev–Trinajstić information content (AvgIpc) is 3.66. The van der Waals surface area contributed by atoms with E-state index in [1.807, 2.05) is 78.5 Å². The van der Waals surface area contributed by atoms with Crippen LogP contribution in [0.4, 0.5) is 5.69 Å². The molecule has 0 bridgehead atoms. The van der Waals surface area contributed by atoms with Crippen molar-refractivity contribution in [2.24, 2.45) is 0 Å². The summed E-state index contributed by atoms with van der Waals surface area (Å²) >= 11 is 0. The first-order valence-electron chi connectivity index (χ1n) is 12.0. The smallest absolute Gasteiger partial charge is 0.275 e. The van der Waals surface area contributed by atoms with Crippen LogP contribution in [0.5, 0.6) is 0 Å². The maximum absolute atomic E-state index is 13.4. The van der Waals surface area contributed by atoms with Crippen molar-refractivity contribution in [2.75, 3.05) is 11.9 Å². The fraction of sp³-hybridized carbons (Fsp3) is 0.214. The van der Waals surface area contributed by atoms with Crippen LogP contribution in [0.1, 0.15) is 39.4 Å². The molecule has 5 rings (SSSR count). The van der Waals surface area contributed by atoms with Crippen LogP contribution in [0, 0.1) is 6.92 Å². The quantitative estimate of drug-likeness (QED) is 0.403. The summed E-state index contributed by atoms with van der Waals surface area (Å²) in [6.45, 7) is 2.34. The molecule has 0 unspecified atom stereocenters. The fourth-order valence-electron chi connectivity index (χ4n) is 4.57. The minimum absolute atomic E-state index is 0.0449. The van der Waals surface area contributed by atoms with Gasteiger partial charge in [0.1, 0.15) is 12.6 Å². The predicted octanol–water partition coefficient (Wildman–Crippen LogP) is 4.11. The second-order valence-corrected chi connectivity index (χ2v) is 8.87. The van der Waals surface area contributed by atoms with E-state index < -0.39 is 6.04 Å². The molecule has 2 aromatic carbocycles. The first kappa shape index (κ1) is 23.3. The summed E-state index contributed by atoms with van der Waals surface area (Å²) < 4.78 is 3.47. The van der Waals surface area contributed by atoms with E-state index >= 15 is 0 Å². The Labute approximate surface area is 209 Å². The molecule has 1 aliphatic heterocycles. The van der Waals surface area contributed by atoms with E-state index in [0.29, 0.717) is 29.9 Å². The van der Waals surface area contributed by atoms with Gasteiger partial charge in [0.25, 0.3) is 5.91 Å². The highest BCUT2D eigenvalue weighted by Crippen LogP contribution is 2.25. The van der Waals surface area contributed by atoms with Gasteiger partial charge in [0.15, 0.2) is 11.5 Å². The van der Waals surface area contributed by atoms with Gasteiger partial charge in [-0.1, -0.05) is 42.5 Å². The summed E-state index contributed by atoms with van der Waals surface area (Å²) in [5.74, 6) is -0.614. The summed E-state index contributed by atoms with van der Waals surface area (Å²) in [6.07, 6.45) is 5.14. The Hall–Kier alpha value is -4.46. The van der Waals surface area contributed by atoms with E-state index in [1.54, 1.807) is 27.8 Å². The predicted molar refractivity (Wildman–Crippen MR) is 136 cm³/mol. The Bertz CT molecular complexity index is 1390. The number of carbonyl (C=O) groups excluding carboxylic acids is 3. The molecule has 1 aliphatic rings. The number of ketones is 1. The van der Waals surface area contributed by atoms with Crippen LogP contribution in [-0.2, 0) is 11.3 Å². The van der Waals surface area contributed by atoms with Gasteiger partial charge in [-0.05, 0) is 50.1 Å². The van der Waals surface area contributed by atoms with E-state index in [1.165, 1.54) is 0 Å². The lowest BCUT2D eigenvalue weighted by molar-refractivity contribution is -0.119. The summed E-state index contributed by atoms with van der Waals surface area (Å²) in [5.41, 5.74) is 3.07. The largest absolute Gasteiger partial charge is 0.325 e. The molecule has 3 heterocycles. The van der Waals surface area contributed by atoms with Crippen LogP contribution in [0.3, 0.4) is 0 Å². The number of carbonyl (C=O) groups is 3. The molecule has 1 fully saturated rings. The number of aromatic nitrogens is 3. The monoisotopic (exact) mass is 481 g/mol. The number of rotatable bonds is 7. The van der Waals surface area contributed by atoms with Gasteiger partial charge in [-0.15, -0.1) is 0 Å². The normalized spacial score (nSPS) is 15.1. The highest BCUT2D eigenvalue weighted by molar-refractivity contribution is 6.02. The second kappa shape index (κ2) is 10.0. The number of Topliss-reactive ketones (excluding diaryl/α,β-unsaturated/α-hetero) is 1. The number of nitrogens with zero attached hydrogens (tertiary/aromatic N) is 4. The van der Waals surface area contributed by atoms with Gasteiger partial charge in [-0.2, -0.15) is 5.10 Å². The van der Waals surface area contributed by atoms with Crippen LogP contribution in [0.25, 0.3) is 5.69 Å². The summed E-state index contributed by atoms with van der Waals surface area (Å²) in [5, 5.41) is 7.43. The van der Waals surface area contributed by atoms with Crippen molar-refractivity contribution in [3.63, 3.8) is 0 Å². The van der Waals surface area contributed by atoms with Crippen molar-refractivity contribution < 1.29 is 14.4 Å². The molecule has 0 aliphatic carbocycles. The van der Waals surface area contributed by atoms with E-state index in [9.17, 15) is 14.4 Å². The Morgan fingerprint density at radius 1 is 0.972 bits per heavy atom. The van der Waals surface area contributed by atoms with Crippen molar-refractivity contribution in [3.8, 4) is 5.69 Å². The molecule has 1 N–H and O–H groups in total. The third-order valence-electron chi connectivity index (χ3n) is 6.45. The van der Waals surface area contributed by atoms with Crippen LogP contribution < -0.4 is 5.32 Å². The van der Waals surface area contributed by atoms with Gasteiger partial charge >= 0.3 is 0 Å². The molecule has 1 saturated heterocycles. The van der Waals surface area contributed by atoms with E-state index in [2.05, 4.69) is 10.4 Å². The first-order chi connectivity index (χ1) is 17.5. The molecule has 1 atom stereocenters. The zero-order valence-electron chi connectivity index (χ0n) is 20.0. The topological polar surface area (TPSA) is 89.2 Å². The maximum atomic E-state index is 13.4. The third-order valence-corrected chi connectivity index (χ3v) is 6.45. The lowest BCUT2D eigenvalue weighted by Crippen LogP contribution is -2.43. The molecule has 0 spiro atoms. The highest BCUT2D eigenvalue weighted by Gasteiger charge is 2.36. The van der Waals surface area contributed by atoms with Crippen LogP contribution in [0.2, 0.25) is 0 Å². The number of likely N-dealkylation sites (tertiary alicyclic amines) is 1. The number of hydrogen-bond donors (Lipinski definition) is 1. The summed E-state index contributed by atoms with van der Waals surface area (Å²) in [6, 6.07) is 21.5. The molecule has 8 nitrogen and oxygen atoms in total. The standard InChI is InChI=1S/C28H27N5O3/c1-20-18-23(30-33(20)19-26(34)21-10-3-2-4-11-21)28(36)32-17-9-14-25(32)27(35)29-22-12-5-6-13-24(22)31-15-7-8-16-31/h2-8,10-13,15-16,18,25H,9,14,17,19H2,1H3,(H,29,35)/t25-/m0/s1. The minimum atomic E-state index is -0.591. The number of amides is 2. The summed E-state index contributed by atoms with van der Waals surface area (Å²) in [7, 11) is 0. The van der Waals surface area contributed by atoms with E-state index in [-0.39, 0.29) is 29.8 Å². The Morgan fingerprint density at radius 3 is 2.47 bits per heavy atom. The maximum Gasteiger partial charge on any atom is 0.275 e. The molecular formula is C28H27N5O3. The van der Waals surface area contributed by atoms with E-state index in [0.717, 1.165) is 12.1 Å². The minimum Gasteiger partial charge on any atom is -0.325 e. The Kier molecular flexibility index (Phi) is 6.49. The highest BCUT2D eigenvalue weighted by atomic mass is 16.2. The van der Waals surface area contributed by atoms with Crippen molar-refractivity contribution >= 4 is 23.3 Å². The van der Waals surface area contributed by atoms with Crippen molar-refractivity contribution in [1.82, 2.24) is 19.2 Å². The molecule has 182 valence electrons. The average molecular weight is 482 g/mol. The Balaban J connectivity index is 1.31. The number of nitrogens with one attached hydrogen (secondary N) is 1. The van der Waals surface area contributed by atoms with E-state index in [4.69, 9.17) is 0 Å². The fourth-order valence-corrected chi connectivity index (χ4v) is 4.57. The number of aryl methyl sites for hydroxylation is 1. The SMILES string of the molecule is Cc1cc(C(=O)N2CCC[C@H]2C(=O)Nc2ccccc2-n2cccc2)nn1CC(=O)c1ccccc1. The van der Waals surface area contributed by atoms with Gasteiger partial charge < -0.3 is 14.8 Å². The second-order valence-electron chi connectivity index (χ2n) is 8.87. The van der Waals surface area contributed by atoms with Gasteiger partial charge in [0, 0.05) is 30.2 Å². The molecular weight excluding hydrogens is 454 g/mol. The van der Waals surface area contributed by atoms with Crippen molar-refractivity contribution in [1.29, 1.82) is 0 Å². The zero-order valence-corrected chi connectivity index (χ0v) is 20.0. The molecule has 8 heteroatoms. The number of para-hydroxylation sites is 2. The molecule has 0 saturated carbocycles. The van der Waals surface area contributed by atoms with Crippen LogP contribution >= 0.6 is 0 Å². The number of hydrogen-bond acceptors (Lipinski definition) is 4. The molecule has 0 radical (unpaired) electrons. The lowest BCUT2D eigenvalue weighted by Gasteiger charge is -2.23. The third kappa shape index (κ3) is 4.70. The zero-order chi connectivity index (χ0) is 25.1. The van der Waals surface area contributed by atoms with Crippen LogP contribution in [0.15, 0.2) is 85.2 Å². The van der Waals surface area contributed by atoms with Gasteiger partial charge in [-0.25, -0.2) is 0 Å². The number of benzene rings is 2. The van der Waals surface area contributed by atoms with Gasteiger partial charge in [0.2, 0.25) is 5.91 Å². The number of anilines is 1. The first-order valence-corrected chi connectivity index (χ1v) is 12.0. The molecule has 4 aromatic rings. The van der Waals surface area contributed by atoms with Gasteiger partial charge in [0.05, 0.1) is 11.4 Å². The van der Waals surface area contributed by atoms with Crippen molar-refractivity contribution in [3.05, 3.63) is 102 Å². The lowest BCUT2D eigenvalue weighted by atomic mass is 10.1. The molecule has 2 aromatic heterocycles. The van der Waals surface area contributed by atoms with Crippen molar-refractivity contribution in [2.45, 2.75) is 32.4 Å². The van der Waals surface area contributed by atoms with Crippen LogP contribution in [-0.4, -0.2) is 49.4 Å². The summed E-state index contributed by atoms with van der Waals surface area (Å²) in [4.78, 5) is 40.8. The molecule has 36 heavy (non-hydrogen) atoms.